The summed E-state index contributed by atoms with van der Waals surface area (Å²) in [6.45, 7) is 0. The largest absolute Gasteiger partial charge is 0.293 e. The third kappa shape index (κ3) is 3.11. The molecule has 3 heterocycles. The quantitative estimate of drug-likeness (QED) is 0.224. The molecule has 0 unspecified atom stereocenters. The van der Waals surface area contributed by atoms with Crippen LogP contribution in [0.25, 0.3) is 80.9 Å². The lowest BCUT2D eigenvalue weighted by Crippen LogP contribution is -2.02. The number of hydrogen-bond acceptors (Lipinski definition) is 3. The maximum atomic E-state index is 5.31. The molecule has 0 N–H and O–H groups in total. The lowest BCUT2D eigenvalue weighted by molar-refractivity contribution is 1.08. The Morgan fingerprint density at radius 1 is 0.475 bits per heavy atom. The Kier molecular flexibility index (Phi) is 4.48. The molecule has 0 saturated carbocycles. The summed E-state index contributed by atoms with van der Waals surface area (Å²) < 4.78 is 4.87. The average molecular weight is 528 g/mol. The Bertz CT molecular complexity index is 2450. The molecule has 0 spiro atoms. The molecule has 0 radical (unpaired) electrons. The first kappa shape index (κ1) is 21.8. The molecule has 0 amide bonds. The fourth-order valence-corrected chi connectivity index (χ4v) is 7.25. The zero-order valence-electron chi connectivity index (χ0n) is 21.4. The maximum absolute atomic E-state index is 5.31. The third-order valence-electron chi connectivity index (χ3n) is 7.97. The van der Waals surface area contributed by atoms with E-state index in [1.807, 2.05) is 11.3 Å². The molecule has 0 aliphatic carbocycles. The summed E-state index contributed by atoms with van der Waals surface area (Å²) >= 11 is 1.82. The molecule has 0 saturated heterocycles. The van der Waals surface area contributed by atoms with Crippen molar-refractivity contribution in [3.63, 3.8) is 0 Å². The minimum atomic E-state index is 0.736. The molecule has 3 aromatic heterocycles. The second kappa shape index (κ2) is 8.22. The number of fused-ring (bicyclic) bond motifs is 8. The van der Waals surface area contributed by atoms with Crippen LogP contribution in [0.5, 0.6) is 0 Å². The lowest BCUT2D eigenvalue weighted by atomic mass is 10.1. The number of benzene rings is 6. The van der Waals surface area contributed by atoms with Gasteiger partial charge in [0, 0.05) is 41.9 Å². The monoisotopic (exact) mass is 527 g/mol. The third-order valence-corrected chi connectivity index (χ3v) is 9.11. The number of thiophene rings is 1. The first-order chi connectivity index (χ1) is 19.8. The highest BCUT2D eigenvalue weighted by Crippen LogP contribution is 2.38. The van der Waals surface area contributed by atoms with Gasteiger partial charge >= 0.3 is 0 Å². The van der Waals surface area contributed by atoms with Crippen LogP contribution in [0.4, 0.5) is 0 Å². The zero-order valence-corrected chi connectivity index (χ0v) is 22.2. The molecule has 0 atom stereocenters. The molecule has 0 bridgehead atoms. The fraction of sp³-hybridized carbons (Fsp3) is 0. The molecule has 0 aliphatic rings. The van der Waals surface area contributed by atoms with Crippen LogP contribution < -0.4 is 0 Å². The van der Waals surface area contributed by atoms with Crippen molar-refractivity contribution in [2.45, 2.75) is 0 Å². The van der Waals surface area contributed by atoms with E-state index in [0.29, 0.717) is 0 Å². The summed E-state index contributed by atoms with van der Waals surface area (Å²) in [5.74, 6) is 1.64. The van der Waals surface area contributed by atoms with Crippen LogP contribution in [0.2, 0.25) is 0 Å². The van der Waals surface area contributed by atoms with Gasteiger partial charge in [0.05, 0.1) is 16.6 Å². The second-order valence-electron chi connectivity index (χ2n) is 10.3. The van der Waals surface area contributed by atoms with Gasteiger partial charge in [-0.3, -0.25) is 4.57 Å². The number of aromatic nitrogens is 3. The van der Waals surface area contributed by atoms with Crippen LogP contribution in [0.15, 0.2) is 127 Å². The van der Waals surface area contributed by atoms with Gasteiger partial charge in [-0.2, -0.15) is 0 Å². The normalized spacial score (nSPS) is 12.0. The van der Waals surface area contributed by atoms with Gasteiger partial charge in [0.25, 0.3) is 0 Å². The predicted octanol–water partition coefficient (Wildman–Crippen LogP) is 9.91. The van der Waals surface area contributed by atoms with Crippen molar-refractivity contribution in [2.24, 2.45) is 0 Å². The molecular weight excluding hydrogens is 506 g/mol. The molecule has 0 fully saturated rings. The van der Waals surface area contributed by atoms with E-state index in [-0.39, 0.29) is 0 Å². The summed E-state index contributed by atoms with van der Waals surface area (Å²) in [6, 6.07) is 45.4. The van der Waals surface area contributed by atoms with E-state index in [2.05, 4.69) is 132 Å². The van der Waals surface area contributed by atoms with E-state index < -0.39 is 0 Å². The van der Waals surface area contributed by atoms with Gasteiger partial charge in [0.15, 0.2) is 5.82 Å². The fourth-order valence-electron chi connectivity index (χ4n) is 6.11. The number of hydrogen-bond donors (Lipinski definition) is 0. The zero-order chi connectivity index (χ0) is 26.2. The van der Waals surface area contributed by atoms with Crippen LogP contribution in [-0.2, 0) is 0 Å². The maximum Gasteiger partial charge on any atom is 0.162 e. The Morgan fingerprint density at radius 3 is 2.08 bits per heavy atom. The van der Waals surface area contributed by atoms with Crippen LogP contribution >= 0.6 is 11.3 Å². The van der Waals surface area contributed by atoms with E-state index in [4.69, 9.17) is 9.97 Å². The van der Waals surface area contributed by atoms with Gasteiger partial charge in [0.2, 0.25) is 0 Å². The molecular formula is C36H21N3S. The highest BCUT2D eigenvalue weighted by molar-refractivity contribution is 7.25. The van der Waals surface area contributed by atoms with Crippen molar-refractivity contribution in [3.05, 3.63) is 127 Å². The van der Waals surface area contributed by atoms with E-state index >= 15 is 0 Å². The van der Waals surface area contributed by atoms with Crippen LogP contribution in [0.1, 0.15) is 0 Å². The van der Waals surface area contributed by atoms with E-state index in [1.54, 1.807) is 0 Å². The topological polar surface area (TPSA) is 30.7 Å². The summed E-state index contributed by atoms with van der Waals surface area (Å²) in [4.78, 5) is 10.4. The lowest BCUT2D eigenvalue weighted by Gasteiger charge is -2.13. The first-order valence-corrected chi connectivity index (χ1v) is 14.2. The minimum absolute atomic E-state index is 0.736. The Morgan fingerprint density at radius 2 is 1.18 bits per heavy atom. The predicted molar refractivity (Wildman–Crippen MR) is 170 cm³/mol. The first-order valence-electron chi connectivity index (χ1n) is 13.4. The highest BCUT2D eigenvalue weighted by atomic mass is 32.1. The van der Waals surface area contributed by atoms with Crippen LogP contribution in [-0.4, -0.2) is 14.5 Å². The van der Waals surface area contributed by atoms with Crippen molar-refractivity contribution < 1.29 is 0 Å². The van der Waals surface area contributed by atoms with E-state index in [9.17, 15) is 0 Å². The van der Waals surface area contributed by atoms with Crippen LogP contribution in [0, 0.1) is 0 Å². The van der Waals surface area contributed by atoms with Gasteiger partial charge < -0.3 is 0 Å². The molecule has 0 aliphatic heterocycles. The van der Waals surface area contributed by atoms with Crippen molar-refractivity contribution in [1.82, 2.24) is 14.5 Å². The SMILES string of the molecule is c1ccc2cc3c(cc2c1)c1ccccc1n3-c1nc(-c2ccc3c(c2)sc2ccccc23)nc2ccccc12. The minimum Gasteiger partial charge on any atom is -0.293 e. The molecule has 9 rings (SSSR count). The summed E-state index contributed by atoms with van der Waals surface area (Å²) in [6.07, 6.45) is 0. The highest BCUT2D eigenvalue weighted by Gasteiger charge is 2.18. The van der Waals surface area contributed by atoms with E-state index in [1.165, 1.54) is 41.7 Å². The molecule has 6 aromatic carbocycles. The van der Waals surface area contributed by atoms with Gasteiger partial charge in [0.1, 0.15) is 5.82 Å². The van der Waals surface area contributed by atoms with Gasteiger partial charge in [-0.05, 0) is 53.2 Å². The van der Waals surface area contributed by atoms with Crippen molar-refractivity contribution in [3.8, 4) is 17.2 Å². The molecule has 3 nitrogen and oxygen atoms in total. The standard InChI is InChI=1S/C36H21N3S/c1-2-10-23-20-32-29(19-22(23)9-1)25-11-4-7-15-31(25)39(32)36-28-13-3-6-14-30(28)37-35(38-36)24-17-18-27-26-12-5-8-16-33(26)40-34(27)21-24/h1-21H. The second-order valence-corrected chi connectivity index (χ2v) is 11.3. The number of rotatable bonds is 2. The summed E-state index contributed by atoms with van der Waals surface area (Å²) in [5, 5.41) is 8.51. The smallest absolute Gasteiger partial charge is 0.162 e. The van der Waals surface area contributed by atoms with Gasteiger partial charge in [-0.1, -0.05) is 84.9 Å². The van der Waals surface area contributed by atoms with Crippen molar-refractivity contribution in [2.75, 3.05) is 0 Å². The van der Waals surface area contributed by atoms with Crippen LogP contribution in [0.3, 0.4) is 0 Å². The summed E-state index contributed by atoms with van der Waals surface area (Å²) in [5.41, 5.74) is 4.25. The van der Waals surface area contributed by atoms with Crippen molar-refractivity contribution in [1.29, 1.82) is 0 Å². The molecule has 186 valence electrons. The Hall–Kier alpha value is -5.06. The Labute approximate surface area is 233 Å². The van der Waals surface area contributed by atoms with Crippen molar-refractivity contribution >= 4 is 75.0 Å². The summed E-state index contributed by atoms with van der Waals surface area (Å²) in [7, 11) is 0. The van der Waals surface area contributed by atoms with Gasteiger partial charge in [-0.15, -0.1) is 11.3 Å². The average Bonchev–Trinajstić information content (AvgIpc) is 3.54. The van der Waals surface area contributed by atoms with Gasteiger partial charge in [-0.25, -0.2) is 9.97 Å². The number of para-hydroxylation sites is 2. The number of nitrogens with zero attached hydrogens (tertiary/aromatic N) is 3. The molecule has 4 heteroatoms. The Balaban J connectivity index is 1.37. The van der Waals surface area contributed by atoms with E-state index in [0.717, 1.165) is 39.1 Å². The molecule has 9 aromatic rings. The molecule has 40 heavy (non-hydrogen) atoms.